The molecule has 12 heteroatoms. The van der Waals surface area contributed by atoms with E-state index in [1.807, 2.05) is 29.3 Å². The third-order valence-corrected chi connectivity index (χ3v) is 10.6. The Morgan fingerprint density at radius 1 is 0.759 bits per heavy atom. The number of piperazine rings is 2. The second-order valence-electron chi connectivity index (χ2n) is 13.5. The van der Waals surface area contributed by atoms with E-state index in [0.29, 0.717) is 30.2 Å². The summed E-state index contributed by atoms with van der Waals surface area (Å²) in [5.74, 6) is 0.280. The molecule has 5 aromatic rings. The van der Waals surface area contributed by atoms with E-state index in [-0.39, 0.29) is 23.3 Å². The van der Waals surface area contributed by atoms with Crippen molar-refractivity contribution < 1.29 is 19.8 Å². The molecule has 0 unspecified atom stereocenters. The highest BCUT2D eigenvalue weighted by atomic mass is 35.5. The molecule has 0 radical (unpaired) electrons. The van der Waals surface area contributed by atoms with Crippen LogP contribution in [0.15, 0.2) is 98.2 Å². The fraction of sp³-hybridized carbons (Fsp3) is 0.262. The third kappa shape index (κ3) is 8.97. The molecule has 1 aromatic heterocycles. The van der Waals surface area contributed by atoms with Crippen LogP contribution in [0.25, 0.3) is 33.2 Å². The quantitative estimate of drug-likeness (QED) is 0.142. The van der Waals surface area contributed by atoms with Gasteiger partial charge in [-0.1, -0.05) is 66.7 Å². The van der Waals surface area contributed by atoms with Gasteiger partial charge in [-0.2, -0.15) is 5.10 Å². The van der Waals surface area contributed by atoms with Crippen molar-refractivity contribution in [2.45, 2.75) is 20.0 Å². The maximum Gasteiger partial charge on any atom is 0.246 e. The molecule has 3 heterocycles. The van der Waals surface area contributed by atoms with Gasteiger partial charge in [0.1, 0.15) is 11.5 Å². The first-order valence-electron chi connectivity index (χ1n) is 17.8. The summed E-state index contributed by atoms with van der Waals surface area (Å²) in [5.41, 5.74) is 7.73. The van der Waals surface area contributed by atoms with Crippen molar-refractivity contribution in [2.75, 3.05) is 52.4 Å². The number of phenolic OH excluding ortho intramolecular Hbond substituents is 2. The number of hydrogen-bond acceptors (Lipinski definition) is 7. The molecule has 0 spiro atoms. The van der Waals surface area contributed by atoms with Gasteiger partial charge >= 0.3 is 0 Å². The molecule has 0 saturated carbocycles. The topological polar surface area (TPSA) is 116 Å². The number of carbonyl (C=O) groups excluding carboxylic acids is 2. The number of carbonyl (C=O) groups is 2. The average Bonchev–Trinajstić information content (AvgIpc) is 3.66. The smallest absolute Gasteiger partial charge is 0.246 e. The van der Waals surface area contributed by atoms with Crippen LogP contribution in [0.4, 0.5) is 0 Å². The van der Waals surface area contributed by atoms with Crippen LogP contribution in [0.1, 0.15) is 16.7 Å². The van der Waals surface area contributed by atoms with Crippen LogP contribution in [0.5, 0.6) is 11.5 Å². The maximum atomic E-state index is 11.7. The van der Waals surface area contributed by atoms with Gasteiger partial charge in [-0.25, -0.2) is 0 Å². The molecule has 3 N–H and O–H groups in total. The Bertz CT molecular complexity index is 2170. The van der Waals surface area contributed by atoms with Crippen LogP contribution < -0.4 is 0 Å². The number of aromatic nitrogens is 2. The van der Waals surface area contributed by atoms with Crippen molar-refractivity contribution in [1.82, 2.24) is 29.8 Å². The Kier molecular flexibility index (Phi) is 12.4. The average molecular weight is 768 g/mol. The van der Waals surface area contributed by atoms with Crippen molar-refractivity contribution in [2.24, 2.45) is 0 Å². The number of fused-ring (bicyclic) bond motifs is 1. The van der Waals surface area contributed by atoms with E-state index in [4.69, 9.17) is 23.2 Å². The minimum absolute atomic E-state index is 0.0100. The van der Waals surface area contributed by atoms with Crippen LogP contribution in [0.3, 0.4) is 0 Å². The molecule has 2 aliphatic rings. The molecule has 2 fully saturated rings. The number of aryl methyl sites for hydroxylation is 1. The number of rotatable bonds is 8. The zero-order chi connectivity index (χ0) is 38.4. The molecule has 10 nitrogen and oxygen atoms in total. The standard InChI is InChI=1S/C22H23ClN4O.C20H21ClN2O3/c1-3-21(28)27-10-8-26(9-11-27)14-16-5-6-17(19(23)12-16)22-15(2)4-7-20-18(22)13-24-25-20;1-2-20(26)23-9-7-22(8-10-23)13-15-4-3-14(11-19(15)25)17-12-16(24)5-6-18(17)21/h3-7,12-13H,1,8-11,14H2,2H3,(H,24,25);2-6,11-12,24-25H,1,7-10,13H2. The van der Waals surface area contributed by atoms with Crippen molar-refractivity contribution in [3.05, 3.63) is 125 Å². The van der Waals surface area contributed by atoms with Crippen molar-refractivity contribution >= 4 is 45.9 Å². The summed E-state index contributed by atoms with van der Waals surface area (Å²) in [4.78, 5) is 31.5. The van der Waals surface area contributed by atoms with E-state index in [1.54, 1.807) is 23.1 Å². The molecular weight excluding hydrogens is 723 g/mol. The number of amides is 2. The summed E-state index contributed by atoms with van der Waals surface area (Å²) in [5, 5.41) is 29.6. The lowest BCUT2D eigenvalue weighted by Gasteiger charge is -2.34. The molecule has 2 saturated heterocycles. The monoisotopic (exact) mass is 766 g/mol. The summed E-state index contributed by atoms with van der Waals surface area (Å²) in [6.45, 7) is 16.6. The van der Waals surface area contributed by atoms with Gasteiger partial charge in [0.05, 0.1) is 11.7 Å². The molecule has 0 bridgehead atoms. The number of aromatic hydroxyl groups is 2. The van der Waals surface area contributed by atoms with Gasteiger partial charge in [0.2, 0.25) is 11.8 Å². The highest BCUT2D eigenvalue weighted by Gasteiger charge is 2.22. The number of nitrogens with one attached hydrogen (secondary N) is 1. The number of hydrogen-bond donors (Lipinski definition) is 3. The highest BCUT2D eigenvalue weighted by Crippen LogP contribution is 2.37. The maximum absolute atomic E-state index is 11.7. The number of phenols is 2. The molecule has 7 rings (SSSR count). The summed E-state index contributed by atoms with van der Waals surface area (Å²) in [7, 11) is 0. The molecule has 2 aliphatic heterocycles. The van der Waals surface area contributed by atoms with Gasteiger partial charge in [-0.05, 0) is 77.7 Å². The van der Waals surface area contributed by atoms with Crippen LogP contribution in [-0.4, -0.2) is 104 Å². The lowest BCUT2D eigenvalue weighted by molar-refractivity contribution is -0.128. The van der Waals surface area contributed by atoms with E-state index in [9.17, 15) is 19.8 Å². The lowest BCUT2D eigenvalue weighted by Crippen LogP contribution is -2.47. The van der Waals surface area contributed by atoms with Gasteiger partial charge in [0.15, 0.2) is 0 Å². The number of benzene rings is 4. The Balaban J connectivity index is 0.000000185. The third-order valence-electron chi connectivity index (χ3n) is 10.00. The van der Waals surface area contributed by atoms with E-state index < -0.39 is 0 Å². The SMILES string of the molecule is C=CC(=O)N1CCN(Cc2ccc(-c3c(C)ccc4[nH]ncc34)c(Cl)c2)CC1.C=CC(=O)N1CCN(Cc2ccc(-c3cc(O)ccc3Cl)cc2O)CC1. The van der Waals surface area contributed by atoms with E-state index in [0.717, 1.165) is 84.0 Å². The number of aromatic amines is 1. The summed E-state index contributed by atoms with van der Waals surface area (Å²) >= 11 is 12.9. The zero-order valence-corrected chi connectivity index (χ0v) is 31.8. The van der Waals surface area contributed by atoms with Gasteiger partial charge in [0, 0.05) is 97.6 Å². The summed E-state index contributed by atoms with van der Waals surface area (Å²) < 4.78 is 0. The van der Waals surface area contributed by atoms with Crippen LogP contribution in [0, 0.1) is 6.92 Å². The molecule has 54 heavy (non-hydrogen) atoms. The Morgan fingerprint density at radius 3 is 2.02 bits per heavy atom. The fourth-order valence-corrected chi connectivity index (χ4v) is 7.48. The summed E-state index contributed by atoms with van der Waals surface area (Å²) in [6, 6.07) is 20.6. The first-order valence-corrected chi connectivity index (χ1v) is 18.6. The second kappa shape index (κ2) is 17.3. The Hall–Kier alpha value is -5.13. The van der Waals surface area contributed by atoms with Gasteiger partial charge in [-0.3, -0.25) is 24.5 Å². The molecule has 280 valence electrons. The van der Waals surface area contributed by atoms with Crippen LogP contribution in [0.2, 0.25) is 10.0 Å². The first-order chi connectivity index (χ1) is 26.0. The number of halogens is 2. The van der Waals surface area contributed by atoms with Gasteiger partial charge in [0.25, 0.3) is 0 Å². The molecule has 4 aromatic carbocycles. The normalized spacial score (nSPS) is 15.1. The largest absolute Gasteiger partial charge is 0.508 e. The molecule has 0 aliphatic carbocycles. The lowest BCUT2D eigenvalue weighted by atomic mass is 9.96. The zero-order valence-electron chi connectivity index (χ0n) is 30.3. The highest BCUT2D eigenvalue weighted by molar-refractivity contribution is 6.34. The predicted molar refractivity (Wildman–Crippen MR) is 216 cm³/mol. The van der Waals surface area contributed by atoms with E-state index in [1.165, 1.54) is 29.3 Å². The van der Waals surface area contributed by atoms with Crippen LogP contribution >= 0.6 is 23.2 Å². The molecular formula is C42H44Cl2N6O4. The Morgan fingerprint density at radius 2 is 1.41 bits per heavy atom. The predicted octanol–water partition coefficient (Wildman–Crippen LogP) is 7.27. The number of H-pyrrole nitrogens is 1. The summed E-state index contributed by atoms with van der Waals surface area (Å²) in [6.07, 6.45) is 4.58. The van der Waals surface area contributed by atoms with Gasteiger partial charge in [-0.15, -0.1) is 0 Å². The minimum atomic E-state index is -0.0418. The van der Waals surface area contributed by atoms with E-state index in [2.05, 4.69) is 64.3 Å². The second-order valence-corrected chi connectivity index (χ2v) is 14.3. The van der Waals surface area contributed by atoms with Crippen molar-refractivity contribution in [3.8, 4) is 33.8 Å². The van der Waals surface area contributed by atoms with Crippen molar-refractivity contribution in [3.63, 3.8) is 0 Å². The van der Waals surface area contributed by atoms with Gasteiger partial charge < -0.3 is 20.0 Å². The number of nitrogens with zero attached hydrogens (tertiary/aromatic N) is 5. The first kappa shape index (κ1) is 38.6. The van der Waals surface area contributed by atoms with Crippen LogP contribution in [-0.2, 0) is 22.7 Å². The fourth-order valence-electron chi connectivity index (χ4n) is 6.95. The van der Waals surface area contributed by atoms with E-state index >= 15 is 0 Å². The Labute approximate surface area is 325 Å². The van der Waals surface area contributed by atoms with Crippen molar-refractivity contribution in [1.29, 1.82) is 0 Å². The molecule has 0 atom stereocenters. The minimum Gasteiger partial charge on any atom is -0.508 e. The molecule has 2 amide bonds.